The summed E-state index contributed by atoms with van der Waals surface area (Å²) in [5.74, 6) is 0.724. The molecule has 28 heavy (non-hydrogen) atoms. The molecule has 0 radical (unpaired) electrons. The molecule has 146 valence electrons. The molecule has 3 heterocycles. The fraction of sp³-hybridized carbons (Fsp3) is 0.500. The maximum Gasteiger partial charge on any atom is 0.224 e. The van der Waals surface area contributed by atoms with Crippen molar-refractivity contribution in [3.05, 3.63) is 34.5 Å². The number of hydrogen-bond acceptors (Lipinski definition) is 8. The van der Waals surface area contributed by atoms with Crippen molar-refractivity contribution in [2.45, 2.75) is 38.8 Å². The Kier molecular flexibility index (Phi) is 4.82. The Morgan fingerprint density at radius 3 is 2.68 bits per heavy atom. The average Bonchev–Trinajstić information content (AvgIpc) is 3.09. The van der Waals surface area contributed by atoms with Gasteiger partial charge in [-0.05, 0) is 44.4 Å². The molecule has 3 aromatic rings. The van der Waals surface area contributed by atoms with Crippen molar-refractivity contribution in [1.82, 2.24) is 25.1 Å². The van der Waals surface area contributed by atoms with Crippen molar-refractivity contribution >= 4 is 27.9 Å². The largest absolute Gasteiger partial charge is 0.474 e. The van der Waals surface area contributed by atoms with Crippen LogP contribution in [-0.2, 0) is 6.54 Å². The number of piperazine rings is 1. The molecule has 0 atom stereocenters. The Labute approximate surface area is 168 Å². The third-order valence-corrected chi connectivity index (χ3v) is 6.40. The van der Waals surface area contributed by atoms with Crippen molar-refractivity contribution in [1.29, 1.82) is 0 Å². The predicted molar refractivity (Wildman–Crippen MR) is 110 cm³/mol. The molecule has 0 unspecified atom stereocenters. The Balaban J connectivity index is 1.29. The summed E-state index contributed by atoms with van der Waals surface area (Å²) in [5, 5.41) is 11.5. The maximum atomic E-state index is 6.10. The SMILES string of the molecule is Cc1nnc(CN2CCN(c3ccc4ncnc(OC5CCC5)c4c3)CC2)s1. The van der Waals surface area contributed by atoms with Gasteiger partial charge in [0, 0.05) is 31.9 Å². The summed E-state index contributed by atoms with van der Waals surface area (Å²) in [5.41, 5.74) is 2.16. The van der Waals surface area contributed by atoms with E-state index in [4.69, 9.17) is 4.74 Å². The molecule has 1 saturated carbocycles. The van der Waals surface area contributed by atoms with Gasteiger partial charge in [-0.25, -0.2) is 9.97 Å². The second kappa shape index (κ2) is 7.60. The molecular weight excluding hydrogens is 372 g/mol. The van der Waals surface area contributed by atoms with Gasteiger partial charge in [0.1, 0.15) is 22.4 Å². The summed E-state index contributed by atoms with van der Waals surface area (Å²) in [4.78, 5) is 13.7. The lowest BCUT2D eigenvalue weighted by atomic mass is 9.96. The second-order valence-electron chi connectivity index (χ2n) is 7.53. The van der Waals surface area contributed by atoms with Gasteiger partial charge in [-0.15, -0.1) is 21.5 Å². The van der Waals surface area contributed by atoms with Crippen molar-refractivity contribution < 1.29 is 4.74 Å². The number of aromatic nitrogens is 4. The molecule has 0 amide bonds. The van der Waals surface area contributed by atoms with Gasteiger partial charge in [-0.1, -0.05) is 0 Å². The highest BCUT2D eigenvalue weighted by atomic mass is 32.1. The highest BCUT2D eigenvalue weighted by molar-refractivity contribution is 7.11. The molecule has 1 aromatic carbocycles. The number of ether oxygens (including phenoxy) is 1. The maximum absolute atomic E-state index is 6.10. The normalized spacial score (nSPS) is 18.4. The number of fused-ring (bicyclic) bond motifs is 1. The first-order chi connectivity index (χ1) is 13.7. The van der Waals surface area contributed by atoms with Gasteiger partial charge in [-0.2, -0.15) is 0 Å². The van der Waals surface area contributed by atoms with Crippen LogP contribution >= 0.6 is 11.3 Å². The molecule has 0 N–H and O–H groups in total. The van der Waals surface area contributed by atoms with E-state index in [0.29, 0.717) is 6.10 Å². The molecule has 1 saturated heterocycles. The van der Waals surface area contributed by atoms with Crippen molar-refractivity contribution in [3.8, 4) is 5.88 Å². The first-order valence-corrected chi connectivity index (χ1v) is 10.7. The first-order valence-electron chi connectivity index (χ1n) is 9.92. The lowest BCUT2D eigenvalue weighted by molar-refractivity contribution is 0.116. The van der Waals surface area contributed by atoms with Crippen LogP contribution in [0.1, 0.15) is 29.3 Å². The van der Waals surface area contributed by atoms with Crippen molar-refractivity contribution in [3.63, 3.8) is 0 Å². The van der Waals surface area contributed by atoms with Crippen LogP contribution in [0.25, 0.3) is 10.9 Å². The Morgan fingerprint density at radius 2 is 1.96 bits per heavy atom. The molecule has 0 bridgehead atoms. The predicted octanol–water partition coefficient (Wildman–Crippen LogP) is 3.04. The van der Waals surface area contributed by atoms with Crippen LogP contribution in [0.4, 0.5) is 5.69 Å². The molecule has 2 aliphatic rings. The number of rotatable bonds is 5. The smallest absolute Gasteiger partial charge is 0.224 e. The van der Waals surface area contributed by atoms with Gasteiger partial charge in [-0.3, -0.25) is 4.90 Å². The minimum absolute atomic E-state index is 0.314. The number of benzene rings is 1. The Hall–Kier alpha value is -2.32. The van der Waals surface area contributed by atoms with E-state index in [1.54, 1.807) is 17.7 Å². The van der Waals surface area contributed by atoms with Gasteiger partial charge in [0.15, 0.2) is 0 Å². The average molecular weight is 397 g/mol. The van der Waals surface area contributed by atoms with E-state index >= 15 is 0 Å². The third kappa shape index (κ3) is 3.66. The summed E-state index contributed by atoms with van der Waals surface area (Å²) >= 11 is 1.69. The number of anilines is 1. The minimum Gasteiger partial charge on any atom is -0.474 e. The molecule has 7 nitrogen and oxygen atoms in total. The van der Waals surface area contributed by atoms with Crippen LogP contribution in [0.15, 0.2) is 24.5 Å². The summed E-state index contributed by atoms with van der Waals surface area (Å²) in [6.45, 7) is 6.93. The van der Waals surface area contributed by atoms with Gasteiger partial charge in [0.05, 0.1) is 17.4 Å². The highest BCUT2D eigenvalue weighted by Crippen LogP contribution is 2.31. The number of aryl methyl sites for hydroxylation is 1. The summed E-state index contributed by atoms with van der Waals surface area (Å²) in [6.07, 6.45) is 5.42. The van der Waals surface area contributed by atoms with Crippen molar-refractivity contribution in [2.75, 3.05) is 31.1 Å². The van der Waals surface area contributed by atoms with E-state index in [2.05, 4.69) is 48.2 Å². The molecule has 1 aliphatic carbocycles. The van der Waals surface area contributed by atoms with E-state index in [9.17, 15) is 0 Å². The highest BCUT2D eigenvalue weighted by Gasteiger charge is 2.22. The van der Waals surface area contributed by atoms with Gasteiger partial charge in [0.25, 0.3) is 0 Å². The van der Waals surface area contributed by atoms with Crippen LogP contribution in [0.3, 0.4) is 0 Å². The zero-order chi connectivity index (χ0) is 18.9. The standard InChI is InChI=1S/C20H24N6OS/c1-14-23-24-19(28-14)12-25-7-9-26(10-8-25)15-5-6-18-17(11-15)20(22-13-21-18)27-16-3-2-4-16/h5-6,11,13,16H,2-4,7-10,12H2,1H3. The van der Waals surface area contributed by atoms with E-state index in [0.717, 1.165) is 72.4 Å². The molecule has 5 rings (SSSR count). The number of hydrogen-bond donors (Lipinski definition) is 0. The fourth-order valence-corrected chi connectivity index (χ4v) is 4.47. The summed E-state index contributed by atoms with van der Waals surface area (Å²) < 4.78 is 6.10. The van der Waals surface area contributed by atoms with Crippen LogP contribution in [0.2, 0.25) is 0 Å². The van der Waals surface area contributed by atoms with Crippen LogP contribution in [0.5, 0.6) is 5.88 Å². The van der Waals surface area contributed by atoms with Gasteiger partial charge in [0.2, 0.25) is 5.88 Å². The van der Waals surface area contributed by atoms with E-state index in [1.807, 2.05) is 6.92 Å². The quantitative estimate of drug-likeness (QED) is 0.657. The van der Waals surface area contributed by atoms with E-state index < -0.39 is 0 Å². The number of nitrogens with zero attached hydrogens (tertiary/aromatic N) is 6. The molecule has 2 fully saturated rings. The molecule has 1 aliphatic heterocycles. The zero-order valence-electron chi connectivity index (χ0n) is 16.0. The Bertz CT molecular complexity index is 964. The van der Waals surface area contributed by atoms with Gasteiger partial charge < -0.3 is 9.64 Å². The fourth-order valence-electron chi connectivity index (χ4n) is 3.71. The molecule has 0 spiro atoms. The topological polar surface area (TPSA) is 67.3 Å². The molecule has 8 heteroatoms. The van der Waals surface area contributed by atoms with Gasteiger partial charge >= 0.3 is 0 Å². The second-order valence-corrected chi connectivity index (χ2v) is 8.80. The van der Waals surface area contributed by atoms with Crippen LogP contribution in [-0.4, -0.2) is 57.3 Å². The third-order valence-electron chi connectivity index (χ3n) is 5.58. The van der Waals surface area contributed by atoms with E-state index in [-0.39, 0.29) is 0 Å². The van der Waals surface area contributed by atoms with Crippen LogP contribution < -0.4 is 9.64 Å². The van der Waals surface area contributed by atoms with E-state index in [1.165, 1.54) is 12.1 Å². The lowest BCUT2D eigenvalue weighted by Gasteiger charge is -2.35. The minimum atomic E-state index is 0.314. The summed E-state index contributed by atoms with van der Waals surface area (Å²) in [7, 11) is 0. The Morgan fingerprint density at radius 1 is 1.11 bits per heavy atom. The van der Waals surface area contributed by atoms with Crippen molar-refractivity contribution in [2.24, 2.45) is 0 Å². The monoisotopic (exact) mass is 396 g/mol. The first kappa shape index (κ1) is 17.8. The lowest BCUT2D eigenvalue weighted by Crippen LogP contribution is -2.45. The summed E-state index contributed by atoms with van der Waals surface area (Å²) in [6, 6.07) is 6.43. The molecular formula is C20H24N6OS. The zero-order valence-corrected chi connectivity index (χ0v) is 16.9. The molecule has 2 aromatic heterocycles. The van der Waals surface area contributed by atoms with Crippen LogP contribution in [0, 0.1) is 6.92 Å².